The van der Waals surface area contributed by atoms with E-state index in [9.17, 15) is 23.1 Å². The number of rotatable bonds is 2. The van der Waals surface area contributed by atoms with Crippen LogP contribution in [0.25, 0.3) is 0 Å². The topological polar surface area (TPSA) is 62.8 Å². The molecule has 4 nitrogen and oxygen atoms in total. The zero-order valence-corrected chi connectivity index (χ0v) is 15.7. The molecule has 2 aromatic rings. The fourth-order valence-corrected chi connectivity index (χ4v) is 4.33. The van der Waals surface area contributed by atoms with Crippen molar-refractivity contribution < 1.29 is 22.7 Å². The Morgan fingerprint density at radius 3 is 2.74 bits per heavy atom. The fourth-order valence-electron chi connectivity index (χ4n) is 2.88. The lowest BCUT2D eigenvalue weighted by atomic mass is 10.00. The molecule has 9 heteroatoms. The van der Waals surface area contributed by atoms with E-state index in [0.29, 0.717) is 23.6 Å². The normalized spacial score (nSPS) is 18.1. The van der Waals surface area contributed by atoms with Gasteiger partial charge in [-0.2, -0.15) is 24.9 Å². The highest BCUT2D eigenvalue weighted by atomic mass is 35.5. The van der Waals surface area contributed by atoms with Crippen LogP contribution in [0.4, 0.5) is 13.2 Å². The lowest BCUT2D eigenvalue weighted by Gasteiger charge is -2.19. The molecule has 1 aliphatic rings. The maximum absolute atomic E-state index is 13.1. The van der Waals surface area contributed by atoms with E-state index in [0.717, 1.165) is 12.1 Å². The number of halogens is 4. The fraction of sp³-hybridized carbons (Fsp3) is 0.333. The van der Waals surface area contributed by atoms with Crippen molar-refractivity contribution >= 4 is 29.1 Å². The largest absolute Gasteiger partial charge is 0.507 e. The highest BCUT2D eigenvalue weighted by Crippen LogP contribution is 2.41. The molecule has 0 saturated heterocycles. The molecule has 1 N–H and O–H groups in total. The molecule has 0 spiro atoms. The third-order valence-corrected chi connectivity index (χ3v) is 5.69. The second-order valence-electron chi connectivity index (χ2n) is 6.03. The number of nitrogens with zero attached hydrogens (tertiary/aromatic N) is 1. The molecule has 1 unspecified atom stereocenters. The Bertz CT molecular complexity index is 956. The van der Waals surface area contributed by atoms with E-state index in [4.69, 9.17) is 16.0 Å². The first-order valence-electron chi connectivity index (χ1n) is 8.02. The smallest absolute Gasteiger partial charge is 0.416 e. The van der Waals surface area contributed by atoms with Crippen LogP contribution in [0.5, 0.6) is 5.75 Å². The van der Waals surface area contributed by atoms with E-state index < -0.39 is 22.6 Å². The number of benzene rings is 1. The molecule has 1 atom stereocenters. The van der Waals surface area contributed by atoms with Crippen LogP contribution in [0.1, 0.15) is 34.1 Å². The summed E-state index contributed by atoms with van der Waals surface area (Å²) in [5, 5.41) is 9.92. The van der Waals surface area contributed by atoms with Gasteiger partial charge in [0.25, 0.3) is 0 Å². The van der Waals surface area contributed by atoms with E-state index >= 15 is 0 Å². The summed E-state index contributed by atoms with van der Waals surface area (Å²) >= 11 is 7.56. The number of aliphatic imine (C=N–C) groups is 1. The summed E-state index contributed by atoms with van der Waals surface area (Å²) in [6, 6.07) is 4.49. The molecule has 144 valence electrons. The molecule has 0 aliphatic carbocycles. The summed E-state index contributed by atoms with van der Waals surface area (Å²) in [4.78, 5) is 16.5. The highest BCUT2D eigenvalue weighted by Gasteiger charge is 2.32. The minimum absolute atomic E-state index is 0.0591. The standard InChI is InChI=1S/C18H15ClF3NO3S/c1-9-6-14(24)16(17(25)26-9)13-8-15(27-5-4-23-13)11-7-10(18(20,21)22)2-3-12(11)19/h2-3,6-7,15,24H,4-5,8H2,1H3. The number of thioether (sulfide) groups is 1. The van der Waals surface area contributed by atoms with E-state index in [1.165, 1.54) is 30.8 Å². The van der Waals surface area contributed by atoms with Crippen LogP contribution in [0.15, 0.2) is 38.5 Å². The molecule has 1 aromatic carbocycles. The average Bonchev–Trinajstić information content (AvgIpc) is 2.79. The molecule has 0 fully saturated rings. The summed E-state index contributed by atoms with van der Waals surface area (Å²) in [5.41, 5.74) is -0.960. The van der Waals surface area contributed by atoms with Gasteiger partial charge in [0.1, 0.15) is 17.1 Å². The van der Waals surface area contributed by atoms with Gasteiger partial charge in [-0.3, -0.25) is 4.99 Å². The van der Waals surface area contributed by atoms with Crippen molar-refractivity contribution in [1.82, 2.24) is 0 Å². The highest BCUT2D eigenvalue weighted by molar-refractivity contribution is 7.99. The van der Waals surface area contributed by atoms with Gasteiger partial charge >= 0.3 is 11.8 Å². The van der Waals surface area contributed by atoms with Gasteiger partial charge in [0, 0.05) is 35.1 Å². The Kier molecular flexibility index (Phi) is 5.58. The average molecular weight is 418 g/mol. The first kappa shape index (κ1) is 19.8. The van der Waals surface area contributed by atoms with Crippen LogP contribution in [-0.2, 0) is 6.18 Å². The number of hydrogen-bond acceptors (Lipinski definition) is 5. The third kappa shape index (κ3) is 4.32. The van der Waals surface area contributed by atoms with Crippen LogP contribution in [-0.4, -0.2) is 23.1 Å². The van der Waals surface area contributed by atoms with Gasteiger partial charge in [-0.15, -0.1) is 0 Å². The van der Waals surface area contributed by atoms with Gasteiger partial charge in [-0.05, 0) is 30.7 Å². The van der Waals surface area contributed by atoms with Crippen molar-refractivity contribution in [3.8, 4) is 5.75 Å². The van der Waals surface area contributed by atoms with E-state index in [1.54, 1.807) is 0 Å². The van der Waals surface area contributed by atoms with Crippen LogP contribution < -0.4 is 5.63 Å². The molecular weight excluding hydrogens is 403 g/mol. The molecule has 0 saturated carbocycles. The molecule has 0 amide bonds. The second kappa shape index (κ2) is 7.59. The zero-order valence-electron chi connectivity index (χ0n) is 14.1. The number of aromatic hydroxyl groups is 1. The van der Waals surface area contributed by atoms with Crippen LogP contribution in [0, 0.1) is 6.92 Å². The van der Waals surface area contributed by atoms with Crippen molar-refractivity contribution in [3.05, 3.63) is 62.2 Å². The Morgan fingerprint density at radius 1 is 1.33 bits per heavy atom. The minimum Gasteiger partial charge on any atom is -0.507 e. The summed E-state index contributed by atoms with van der Waals surface area (Å²) in [7, 11) is 0. The van der Waals surface area contributed by atoms with Gasteiger partial charge in [0.05, 0.1) is 11.3 Å². The monoisotopic (exact) mass is 417 g/mol. The maximum Gasteiger partial charge on any atom is 0.416 e. The Morgan fingerprint density at radius 2 is 2.07 bits per heavy atom. The van der Waals surface area contributed by atoms with Gasteiger partial charge in [-0.25, -0.2) is 4.79 Å². The molecule has 2 heterocycles. The molecule has 3 rings (SSSR count). The van der Waals surface area contributed by atoms with Crippen molar-refractivity contribution in [1.29, 1.82) is 0 Å². The SMILES string of the molecule is Cc1cc(O)c(C2=NCCSC(c3cc(C(F)(F)F)ccc3Cl)C2)c(=O)o1. The summed E-state index contributed by atoms with van der Waals surface area (Å²) in [5.74, 6) is 0.532. The second-order valence-corrected chi connectivity index (χ2v) is 7.75. The molecule has 27 heavy (non-hydrogen) atoms. The summed E-state index contributed by atoms with van der Waals surface area (Å²) in [6.07, 6.45) is -4.34. The summed E-state index contributed by atoms with van der Waals surface area (Å²) < 4.78 is 44.2. The van der Waals surface area contributed by atoms with Gasteiger partial charge in [-0.1, -0.05) is 11.6 Å². The van der Waals surface area contributed by atoms with Crippen LogP contribution in [0.2, 0.25) is 5.02 Å². The number of hydrogen-bond donors (Lipinski definition) is 1. The Balaban J connectivity index is 2.01. The van der Waals surface area contributed by atoms with Crippen molar-refractivity contribution in [2.24, 2.45) is 4.99 Å². The van der Waals surface area contributed by atoms with Crippen molar-refractivity contribution in [2.45, 2.75) is 24.8 Å². The van der Waals surface area contributed by atoms with E-state index in [-0.39, 0.29) is 28.5 Å². The molecule has 1 aromatic heterocycles. The van der Waals surface area contributed by atoms with Crippen LogP contribution in [0.3, 0.4) is 0 Å². The lowest BCUT2D eigenvalue weighted by Crippen LogP contribution is -2.17. The van der Waals surface area contributed by atoms with E-state index in [2.05, 4.69) is 4.99 Å². The van der Waals surface area contributed by atoms with Crippen molar-refractivity contribution in [2.75, 3.05) is 12.3 Å². The molecule has 1 aliphatic heterocycles. The van der Waals surface area contributed by atoms with Gasteiger partial charge in [0.2, 0.25) is 0 Å². The molecule has 0 radical (unpaired) electrons. The Hall–Kier alpha value is -1.93. The molecule has 0 bridgehead atoms. The predicted molar refractivity (Wildman–Crippen MR) is 99.1 cm³/mol. The number of alkyl halides is 3. The van der Waals surface area contributed by atoms with Crippen molar-refractivity contribution in [3.63, 3.8) is 0 Å². The van der Waals surface area contributed by atoms with Gasteiger partial charge in [0.15, 0.2) is 0 Å². The third-order valence-electron chi connectivity index (χ3n) is 4.10. The zero-order chi connectivity index (χ0) is 19.8. The minimum atomic E-state index is -4.48. The maximum atomic E-state index is 13.1. The molecular formula is C18H15ClF3NO3S. The van der Waals surface area contributed by atoms with Crippen LogP contribution >= 0.6 is 23.4 Å². The first-order valence-corrected chi connectivity index (χ1v) is 9.45. The number of aryl methyl sites for hydroxylation is 1. The quantitative estimate of drug-likeness (QED) is 0.747. The Labute approximate surface area is 162 Å². The van der Waals surface area contributed by atoms with E-state index in [1.807, 2.05) is 0 Å². The van der Waals surface area contributed by atoms with Gasteiger partial charge < -0.3 is 9.52 Å². The first-order chi connectivity index (χ1) is 12.7. The summed E-state index contributed by atoms with van der Waals surface area (Å²) in [6.45, 7) is 1.89. The lowest BCUT2D eigenvalue weighted by molar-refractivity contribution is -0.137. The predicted octanol–water partition coefficient (Wildman–Crippen LogP) is 4.99.